The van der Waals surface area contributed by atoms with E-state index in [0.717, 1.165) is 16.8 Å². The predicted molar refractivity (Wildman–Crippen MR) is 111 cm³/mol. The van der Waals surface area contributed by atoms with Gasteiger partial charge in [0.05, 0.1) is 42.0 Å². The van der Waals surface area contributed by atoms with Crippen molar-refractivity contribution in [1.29, 1.82) is 0 Å². The summed E-state index contributed by atoms with van der Waals surface area (Å²) in [4.78, 5) is 28.8. The number of benzene rings is 1. The molecule has 2 aliphatic rings. The highest BCUT2D eigenvalue weighted by molar-refractivity contribution is 6.32. The van der Waals surface area contributed by atoms with Gasteiger partial charge in [0, 0.05) is 23.5 Å². The molecular formula is C22H19ClN4O4. The maximum absolute atomic E-state index is 12.3. The molecule has 31 heavy (non-hydrogen) atoms. The summed E-state index contributed by atoms with van der Waals surface area (Å²) in [5, 5.41) is 8.22. The van der Waals surface area contributed by atoms with Gasteiger partial charge in [-0.2, -0.15) is 5.10 Å². The average Bonchev–Trinajstić information content (AvgIpc) is 3.11. The van der Waals surface area contributed by atoms with E-state index in [1.807, 2.05) is 18.2 Å². The first-order chi connectivity index (χ1) is 15.1. The van der Waals surface area contributed by atoms with Crippen molar-refractivity contribution in [2.75, 3.05) is 13.1 Å². The summed E-state index contributed by atoms with van der Waals surface area (Å²) in [5.74, 6) is -2.50. The van der Waals surface area contributed by atoms with Crippen LogP contribution < -0.4 is 5.32 Å². The highest BCUT2D eigenvalue weighted by Gasteiger charge is 2.46. The summed E-state index contributed by atoms with van der Waals surface area (Å²) in [6, 6.07) is 9.14. The maximum atomic E-state index is 12.3. The molecule has 0 unspecified atom stereocenters. The quantitative estimate of drug-likeness (QED) is 0.614. The first-order valence-electron chi connectivity index (χ1n) is 9.98. The van der Waals surface area contributed by atoms with Gasteiger partial charge in [0.2, 0.25) is 0 Å². The Balaban J connectivity index is 1.72. The zero-order valence-electron chi connectivity index (χ0n) is 16.5. The standard InChI is InChI=1S/C22H19ClN4O4/c23-17-4-3-16-15(7-10-25-13-22(16)30-19(28)5-6-20(29)31-22)21(17)27-18(8-11-26-27)14-2-1-9-24-12-14/h1-4,8-9,11-12,25H,5-7,10,13H2. The topological polar surface area (TPSA) is 95.3 Å². The Labute approximate surface area is 183 Å². The normalized spacial score (nSPS) is 18.0. The third-order valence-electron chi connectivity index (χ3n) is 5.46. The Morgan fingerprint density at radius 1 is 1.03 bits per heavy atom. The number of nitrogens with zero attached hydrogens (tertiary/aromatic N) is 3. The van der Waals surface area contributed by atoms with Crippen LogP contribution in [0.25, 0.3) is 16.9 Å². The number of ether oxygens (including phenoxy) is 2. The fraction of sp³-hybridized carbons (Fsp3) is 0.273. The second-order valence-corrected chi connectivity index (χ2v) is 7.83. The number of nitrogens with one attached hydrogen (secondary N) is 1. The lowest BCUT2D eigenvalue weighted by atomic mass is 9.96. The number of carbonyl (C=O) groups excluding carboxylic acids is 2. The molecule has 1 saturated heterocycles. The highest BCUT2D eigenvalue weighted by atomic mass is 35.5. The number of fused-ring (bicyclic) bond motifs is 2. The summed E-state index contributed by atoms with van der Waals surface area (Å²) in [6.45, 7) is 0.744. The van der Waals surface area contributed by atoms with E-state index in [0.29, 0.717) is 29.2 Å². The Morgan fingerprint density at radius 2 is 1.84 bits per heavy atom. The summed E-state index contributed by atoms with van der Waals surface area (Å²) >= 11 is 6.67. The molecule has 0 amide bonds. The lowest BCUT2D eigenvalue weighted by molar-refractivity contribution is -0.225. The lowest BCUT2D eigenvalue weighted by Crippen LogP contribution is -2.43. The fourth-order valence-electron chi connectivity index (χ4n) is 4.10. The van der Waals surface area contributed by atoms with E-state index < -0.39 is 17.7 Å². The second-order valence-electron chi connectivity index (χ2n) is 7.42. The summed E-state index contributed by atoms with van der Waals surface area (Å²) in [7, 11) is 0. The van der Waals surface area contributed by atoms with Crippen LogP contribution in [0.5, 0.6) is 0 Å². The zero-order valence-corrected chi connectivity index (χ0v) is 17.3. The van der Waals surface area contributed by atoms with E-state index in [1.165, 1.54) is 0 Å². The van der Waals surface area contributed by atoms with Gasteiger partial charge in [-0.25, -0.2) is 4.68 Å². The zero-order chi connectivity index (χ0) is 21.4. The molecule has 2 aromatic heterocycles. The molecule has 5 rings (SSSR count). The van der Waals surface area contributed by atoms with Crippen LogP contribution in [-0.4, -0.2) is 39.8 Å². The van der Waals surface area contributed by atoms with Gasteiger partial charge >= 0.3 is 11.9 Å². The maximum Gasteiger partial charge on any atom is 0.309 e. The average molecular weight is 439 g/mol. The molecule has 0 aliphatic carbocycles. The summed E-state index contributed by atoms with van der Waals surface area (Å²) in [5.41, 5.74) is 3.73. The molecule has 0 radical (unpaired) electrons. The third kappa shape index (κ3) is 3.47. The molecular weight excluding hydrogens is 420 g/mol. The third-order valence-corrected chi connectivity index (χ3v) is 5.76. The summed E-state index contributed by atoms with van der Waals surface area (Å²) in [6.07, 6.45) is 5.70. The van der Waals surface area contributed by atoms with Gasteiger partial charge in [0.1, 0.15) is 0 Å². The van der Waals surface area contributed by atoms with Crippen LogP contribution in [0, 0.1) is 0 Å². The molecule has 1 fully saturated rings. The minimum atomic E-state index is -1.54. The molecule has 8 nitrogen and oxygen atoms in total. The van der Waals surface area contributed by atoms with Crippen LogP contribution in [0.15, 0.2) is 48.9 Å². The van der Waals surface area contributed by atoms with Crippen molar-refractivity contribution in [3.05, 3.63) is 65.1 Å². The lowest BCUT2D eigenvalue weighted by Gasteiger charge is -2.32. The van der Waals surface area contributed by atoms with Gasteiger partial charge in [0.25, 0.3) is 5.79 Å². The van der Waals surface area contributed by atoms with Crippen molar-refractivity contribution in [1.82, 2.24) is 20.1 Å². The Kier molecular flexibility index (Phi) is 4.95. The highest BCUT2D eigenvalue weighted by Crippen LogP contribution is 2.40. The molecule has 0 saturated carbocycles. The number of hydrogen-bond acceptors (Lipinski definition) is 7. The predicted octanol–water partition coefficient (Wildman–Crippen LogP) is 2.77. The van der Waals surface area contributed by atoms with E-state index in [-0.39, 0.29) is 19.4 Å². The molecule has 0 atom stereocenters. The van der Waals surface area contributed by atoms with E-state index in [2.05, 4.69) is 15.4 Å². The van der Waals surface area contributed by atoms with Gasteiger partial charge < -0.3 is 14.8 Å². The van der Waals surface area contributed by atoms with E-state index in [4.69, 9.17) is 21.1 Å². The van der Waals surface area contributed by atoms with Crippen LogP contribution >= 0.6 is 11.6 Å². The smallest absolute Gasteiger partial charge is 0.309 e. The SMILES string of the molecule is O=C1CCC(=O)OC2(CNCCc3c2ccc(Cl)c3-n2nccc2-c2cccnc2)O1. The molecule has 4 heterocycles. The van der Waals surface area contributed by atoms with Crippen molar-refractivity contribution in [3.8, 4) is 16.9 Å². The van der Waals surface area contributed by atoms with Gasteiger partial charge in [-0.1, -0.05) is 11.6 Å². The first-order valence-corrected chi connectivity index (χ1v) is 10.4. The van der Waals surface area contributed by atoms with Crippen molar-refractivity contribution in [2.45, 2.75) is 25.0 Å². The Bertz CT molecular complexity index is 1140. The molecule has 1 spiro atoms. The van der Waals surface area contributed by atoms with Crippen LogP contribution in [-0.2, 0) is 31.3 Å². The molecule has 0 bridgehead atoms. The van der Waals surface area contributed by atoms with Crippen molar-refractivity contribution < 1.29 is 19.1 Å². The number of halogens is 1. The molecule has 2 aliphatic heterocycles. The van der Waals surface area contributed by atoms with Crippen molar-refractivity contribution in [2.24, 2.45) is 0 Å². The van der Waals surface area contributed by atoms with Gasteiger partial charge in [-0.3, -0.25) is 14.6 Å². The van der Waals surface area contributed by atoms with Crippen molar-refractivity contribution in [3.63, 3.8) is 0 Å². The Morgan fingerprint density at radius 3 is 2.58 bits per heavy atom. The van der Waals surface area contributed by atoms with Crippen LogP contribution in [0.4, 0.5) is 0 Å². The number of rotatable bonds is 2. The Hall–Kier alpha value is -3.23. The van der Waals surface area contributed by atoms with Gasteiger partial charge in [0.15, 0.2) is 0 Å². The number of pyridine rings is 1. The first kappa shape index (κ1) is 19.7. The second kappa shape index (κ2) is 7.79. The van der Waals surface area contributed by atoms with Crippen molar-refractivity contribution >= 4 is 23.5 Å². The van der Waals surface area contributed by atoms with E-state index in [9.17, 15) is 9.59 Å². The van der Waals surface area contributed by atoms with E-state index in [1.54, 1.807) is 35.4 Å². The van der Waals surface area contributed by atoms with Crippen LogP contribution in [0.2, 0.25) is 5.02 Å². The van der Waals surface area contributed by atoms with E-state index >= 15 is 0 Å². The molecule has 9 heteroatoms. The molecule has 3 aromatic rings. The van der Waals surface area contributed by atoms with Crippen LogP contribution in [0.3, 0.4) is 0 Å². The minimum Gasteiger partial charge on any atom is -0.416 e. The summed E-state index contributed by atoms with van der Waals surface area (Å²) < 4.78 is 13.2. The number of esters is 2. The molecule has 1 aromatic carbocycles. The van der Waals surface area contributed by atoms with Gasteiger partial charge in [-0.15, -0.1) is 0 Å². The fourth-order valence-corrected chi connectivity index (χ4v) is 4.36. The number of carbonyl (C=O) groups is 2. The molecule has 1 N–H and O–H groups in total. The van der Waals surface area contributed by atoms with Gasteiger partial charge in [-0.05, 0) is 48.9 Å². The van der Waals surface area contributed by atoms with Crippen LogP contribution in [0.1, 0.15) is 24.0 Å². The largest absolute Gasteiger partial charge is 0.416 e. The number of hydrogen-bond donors (Lipinski definition) is 1. The molecule has 158 valence electrons. The minimum absolute atomic E-state index is 0.0132. The monoisotopic (exact) mass is 438 g/mol. The number of aromatic nitrogens is 3.